The number of ether oxygens (including phenoxy) is 1. The summed E-state index contributed by atoms with van der Waals surface area (Å²) in [5.74, 6) is -0.0116. The molecule has 2 nitrogen and oxygen atoms in total. The van der Waals surface area contributed by atoms with Gasteiger partial charge in [-0.15, -0.1) is 0 Å². The topological polar surface area (TPSA) is 26.3 Å². The fraction of sp³-hybridized carbons (Fsp3) is 0.667. The lowest BCUT2D eigenvalue weighted by atomic mass is 9.93. The highest BCUT2D eigenvalue weighted by Crippen LogP contribution is 2.18. The first-order chi connectivity index (χ1) is 4.98. The summed E-state index contributed by atoms with van der Waals surface area (Å²) < 4.78 is 5.10. The van der Waals surface area contributed by atoms with Crippen LogP contribution in [0.2, 0.25) is 0 Å². The van der Waals surface area contributed by atoms with Crippen molar-refractivity contribution in [2.75, 3.05) is 7.11 Å². The largest absolute Gasteiger partial charge is 0.370 e. The molecule has 0 fully saturated rings. The van der Waals surface area contributed by atoms with Crippen LogP contribution in [0, 0.1) is 0 Å². The van der Waals surface area contributed by atoms with Crippen molar-refractivity contribution in [1.82, 2.24) is 0 Å². The minimum absolute atomic E-state index is 0.0116. The van der Waals surface area contributed by atoms with E-state index in [1.54, 1.807) is 21.0 Å². The molecule has 0 aromatic heterocycles. The van der Waals surface area contributed by atoms with Crippen molar-refractivity contribution in [1.29, 1.82) is 0 Å². The fourth-order valence-electron chi connectivity index (χ4n) is 0.849. The molecule has 1 unspecified atom stereocenters. The Morgan fingerprint density at radius 1 is 1.64 bits per heavy atom. The smallest absolute Gasteiger partial charge is 0.189 e. The Morgan fingerprint density at radius 2 is 2.09 bits per heavy atom. The average Bonchev–Trinajstić information content (AvgIpc) is 2.01. The van der Waals surface area contributed by atoms with Crippen LogP contribution >= 0.6 is 0 Å². The van der Waals surface area contributed by atoms with Crippen LogP contribution in [0.3, 0.4) is 0 Å². The molecule has 0 heterocycles. The summed E-state index contributed by atoms with van der Waals surface area (Å²) in [5.41, 5.74) is -0.123. The molecule has 0 rings (SSSR count). The standard InChI is InChI=1S/C9H16O2/c1-6-9(4,11-5)8(10)7(2)3/h2,6H2,1,3-5H3. The first-order valence-electron chi connectivity index (χ1n) is 3.73. The third-order valence-electron chi connectivity index (χ3n) is 1.99. The SMILES string of the molecule is C=C(C)C(=O)C(C)(CC)OC. The summed E-state index contributed by atoms with van der Waals surface area (Å²) in [5, 5.41) is 0. The Balaban J connectivity index is 4.50. The van der Waals surface area contributed by atoms with Crippen LogP contribution in [-0.4, -0.2) is 18.5 Å². The van der Waals surface area contributed by atoms with E-state index in [0.29, 0.717) is 12.0 Å². The quantitative estimate of drug-likeness (QED) is 0.581. The molecule has 0 radical (unpaired) electrons. The van der Waals surface area contributed by atoms with E-state index in [4.69, 9.17) is 4.74 Å². The first kappa shape index (κ1) is 10.4. The fourth-order valence-corrected chi connectivity index (χ4v) is 0.849. The minimum atomic E-state index is -0.675. The molecular formula is C9H16O2. The Morgan fingerprint density at radius 3 is 2.18 bits per heavy atom. The zero-order valence-electron chi connectivity index (χ0n) is 7.73. The van der Waals surface area contributed by atoms with Crippen molar-refractivity contribution < 1.29 is 9.53 Å². The zero-order valence-corrected chi connectivity index (χ0v) is 7.73. The van der Waals surface area contributed by atoms with E-state index in [2.05, 4.69) is 6.58 Å². The van der Waals surface area contributed by atoms with Gasteiger partial charge in [-0.2, -0.15) is 0 Å². The maximum Gasteiger partial charge on any atom is 0.189 e. The van der Waals surface area contributed by atoms with Gasteiger partial charge >= 0.3 is 0 Å². The molecule has 0 saturated heterocycles. The van der Waals surface area contributed by atoms with Crippen LogP contribution in [0.4, 0.5) is 0 Å². The van der Waals surface area contributed by atoms with Gasteiger partial charge in [-0.1, -0.05) is 13.5 Å². The molecule has 0 aromatic rings. The van der Waals surface area contributed by atoms with E-state index >= 15 is 0 Å². The third-order valence-corrected chi connectivity index (χ3v) is 1.99. The van der Waals surface area contributed by atoms with Crippen LogP contribution in [-0.2, 0) is 9.53 Å². The summed E-state index contributed by atoms with van der Waals surface area (Å²) >= 11 is 0. The first-order valence-corrected chi connectivity index (χ1v) is 3.73. The maximum atomic E-state index is 11.4. The van der Waals surface area contributed by atoms with Crippen molar-refractivity contribution in [3.63, 3.8) is 0 Å². The lowest BCUT2D eigenvalue weighted by molar-refractivity contribution is -0.135. The van der Waals surface area contributed by atoms with Gasteiger partial charge < -0.3 is 4.74 Å². The van der Waals surface area contributed by atoms with Gasteiger partial charge in [0.25, 0.3) is 0 Å². The van der Waals surface area contributed by atoms with Gasteiger partial charge in [0.15, 0.2) is 5.78 Å². The van der Waals surface area contributed by atoms with Gasteiger partial charge in [-0.05, 0) is 25.8 Å². The van der Waals surface area contributed by atoms with E-state index in [0.717, 1.165) is 0 Å². The molecular weight excluding hydrogens is 140 g/mol. The molecule has 11 heavy (non-hydrogen) atoms. The van der Waals surface area contributed by atoms with Gasteiger partial charge in [0.1, 0.15) is 5.60 Å². The normalized spacial score (nSPS) is 15.6. The lowest BCUT2D eigenvalue weighted by Crippen LogP contribution is -2.37. The molecule has 0 aliphatic rings. The molecule has 0 spiro atoms. The lowest BCUT2D eigenvalue weighted by Gasteiger charge is -2.24. The van der Waals surface area contributed by atoms with Crippen LogP contribution in [0.1, 0.15) is 27.2 Å². The Bertz CT molecular complexity index is 166. The highest BCUT2D eigenvalue weighted by atomic mass is 16.5. The van der Waals surface area contributed by atoms with Crippen LogP contribution in [0.25, 0.3) is 0 Å². The molecule has 0 aliphatic carbocycles. The van der Waals surface area contributed by atoms with Gasteiger partial charge in [0, 0.05) is 7.11 Å². The second-order valence-corrected chi connectivity index (χ2v) is 2.90. The predicted octanol–water partition coefficient (Wildman–Crippen LogP) is 1.95. The number of carbonyl (C=O) groups is 1. The second kappa shape index (κ2) is 3.67. The Kier molecular flexibility index (Phi) is 3.46. The molecule has 0 saturated carbocycles. The summed E-state index contributed by atoms with van der Waals surface area (Å²) in [6, 6.07) is 0. The van der Waals surface area contributed by atoms with Crippen molar-refractivity contribution in [3.8, 4) is 0 Å². The highest BCUT2D eigenvalue weighted by Gasteiger charge is 2.30. The summed E-state index contributed by atoms with van der Waals surface area (Å²) in [7, 11) is 1.55. The molecule has 0 N–H and O–H groups in total. The molecule has 1 atom stereocenters. The minimum Gasteiger partial charge on any atom is -0.370 e. The number of carbonyl (C=O) groups excluding carboxylic acids is 1. The van der Waals surface area contributed by atoms with Crippen molar-refractivity contribution in [2.24, 2.45) is 0 Å². The number of rotatable bonds is 4. The van der Waals surface area contributed by atoms with Crippen LogP contribution in [0.15, 0.2) is 12.2 Å². The average molecular weight is 156 g/mol. The molecule has 0 aliphatic heterocycles. The molecule has 64 valence electrons. The second-order valence-electron chi connectivity index (χ2n) is 2.90. The van der Waals surface area contributed by atoms with Gasteiger partial charge in [0.2, 0.25) is 0 Å². The number of Topliss-reactive ketones (excluding diaryl/α,β-unsaturated/α-hetero) is 1. The predicted molar refractivity (Wildman–Crippen MR) is 45.5 cm³/mol. The third kappa shape index (κ3) is 2.15. The number of ketones is 1. The van der Waals surface area contributed by atoms with Crippen molar-refractivity contribution in [2.45, 2.75) is 32.8 Å². The number of hydrogen-bond donors (Lipinski definition) is 0. The van der Waals surface area contributed by atoms with E-state index in [1.807, 2.05) is 6.92 Å². The van der Waals surface area contributed by atoms with Crippen LogP contribution in [0.5, 0.6) is 0 Å². The Labute approximate surface area is 68.2 Å². The Hall–Kier alpha value is -0.630. The van der Waals surface area contributed by atoms with Gasteiger partial charge in [0.05, 0.1) is 0 Å². The van der Waals surface area contributed by atoms with Crippen molar-refractivity contribution in [3.05, 3.63) is 12.2 Å². The van der Waals surface area contributed by atoms with E-state index < -0.39 is 5.60 Å². The molecule has 0 aromatic carbocycles. The van der Waals surface area contributed by atoms with Gasteiger partial charge in [-0.3, -0.25) is 4.79 Å². The van der Waals surface area contributed by atoms with E-state index in [9.17, 15) is 4.79 Å². The molecule has 2 heteroatoms. The van der Waals surface area contributed by atoms with Gasteiger partial charge in [-0.25, -0.2) is 0 Å². The van der Waals surface area contributed by atoms with Crippen molar-refractivity contribution >= 4 is 5.78 Å². The molecule has 0 amide bonds. The summed E-state index contributed by atoms with van der Waals surface area (Å²) in [6.07, 6.45) is 0.676. The van der Waals surface area contributed by atoms with Crippen LogP contribution < -0.4 is 0 Å². The summed E-state index contributed by atoms with van der Waals surface area (Å²) in [4.78, 5) is 11.4. The number of methoxy groups -OCH3 is 1. The molecule has 0 bridgehead atoms. The van der Waals surface area contributed by atoms with E-state index in [-0.39, 0.29) is 5.78 Å². The zero-order chi connectivity index (χ0) is 9.07. The number of hydrogen-bond acceptors (Lipinski definition) is 2. The highest BCUT2D eigenvalue weighted by molar-refractivity contribution is 6.00. The summed E-state index contributed by atoms with van der Waals surface area (Å²) in [6.45, 7) is 8.99. The van der Waals surface area contributed by atoms with E-state index in [1.165, 1.54) is 0 Å². The monoisotopic (exact) mass is 156 g/mol. The maximum absolute atomic E-state index is 11.4.